The Balaban J connectivity index is 1.50. The van der Waals surface area contributed by atoms with Crippen molar-refractivity contribution in [3.63, 3.8) is 0 Å². The van der Waals surface area contributed by atoms with Crippen LogP contribution in [0, 0.1) is 0 Å². The molecule has 5 rings (SSSR count). The molecule has 3 unspecified atom stereocenters. The maximum Gasteiger partial charge on any atom is 0.338 e. The summed E-state index contributed by atoms with van der Waals surface area (Å²) in [6.07, 6.45) is -6.76. The van der Waals surface area contributed by atoms with Crippen molar-refractivity contribution in [2.24, 2.45) is 0 Å². The highest BCUT2D eigenvalue weighted by molar-refractivity contribution is 5.91. The predicted octanol–water partition coefficient (Wildman–Crippen LogP) is 4.89. The fraction of sp³-hybridized carbons (Fsp3) is 0.200. The van der Waals surface area contributed by atoms with Gasteiger partial charge in [-0.2, -0.15) is 0 Å². The van der Waals surface area contributed by atoms with Crippen molar-refractivity contribution in [3.05, 3.63) is 144 Å². The summed E-state index contributed by atoms with van der Waals surface area (Å²) in [6.45, 7) is -0.418. The minimum Gasteiger partial charge on any atom is -0.459 e. The number of hydrogen-bond donors (Lipinski definition) is 0. The maximum absolute atomic E-state index is 13.4. The zero-order chi connectivity index (χ0) is 31.6. The lowest BCUT2D eigenvalue weighted by Crippen LogP contribution is -2.63. The number of methoxy groups -OCH3 is 1. The number of hydrogen-bond acceptors (Lipinski definition) is 10. The van der Waals surface area contributed by atoms with Crippen molar-refractivity contribution in [2.75, 3.05) is 13.7 Å². The second-order valence-electron chi connectivity index (χ2n) is 9.95. The normalized spacial score (nSPS) is 20.8. The van der Waals surface area contributed by atoms with Gasteiger partial charge in [0.15, 0.2) is 24.6 Å². The first-order valence-electron chi connectivity index (χ1n) is 14.1. The van der Waals surface area contributed by atoms with E-state index in [9.17, 15) is 19.2 Å². The fourth-order valence-corrected chi connectivity index (χ4v) is 4.72. The molecule has 0 aliphatic carbocycles. The van der Waals surface area contributed by atoms with Gasteiger partial charge in [-0.15, -0.1) is 0 Å². The second-order valence-corrected chi connectivity index (χ2v) is 9.95. The Morgan fingerprint density at radius 3 is 1.27 bits per heavy atom. The molecule has 1 heterocycles. The third kappa shape index (κ3) is 7.80. The summed E-state index contributed by atoms with van der Waals surface area (Å²) < 4.78 is 34.9. The topological polar surface area (TPSA) is 124 Å². The summed E-state index contributed by atoms with van der Waals surface area (Å²) >= 11 is 0. The standard InChI is InChI=1S/C35H30O10/c1-40-35-30(45-34(39)26-20-12-5-13-21-26)29(44-33(38)25-18-10-4-11-19-25)28(43-32(37)24-16-8-3-9-17-24)27(42-35)22-41-31(36)23-14-6-2-7-15-23/h2-21,27-30,35H,22H2,1H3/t27?,28-,29?,30?,35+/m1/s1. The van der Waals surface area contributed by atoms with Gasteiger partial charge in [0, 0.05) is 7.11 Å². The third-order valence-electron chi connectivity index (χ3n) is 6.97. The number of carbonyl (C=O) groups excluding carboxylic acids is 4. The summed E-state index contributed by atoms with van der Waals surface area (Å²) in [5.41, 5.74) is 0.914. The van der Waals surface area contributed by atoms with Gasteiger partial charge in [-0.25, -0.2) is 19.2 Å². The molecule has 230 valence electrons. The molecule has 0 spiro atoms. The molecule has 0 radical (unpaired) electrons. The molecule has 10 nitrogen and oxygen atoms in total. The van der Waals surface area contributed by atoms with Crippen LogP contribution in [0.15, 0.2) is 121 Å². The average Bonchev–Trinajstić information content (AvgIpc) is 3.10. The molecule has 5 atom stereocenters. The van der Waals surface area contributed by atoms with Crippen LogP contribution in [0.5, 0.6) is 0 Å². The van der Waals surface area contributed by atoms with E-state index < -0.39 is 61.2 Å². The average molecular weight is 611 g/mol. The van der Waals surface area contributed by atoms with Crippen molar-refractivity contribution < 1.29 is 47.6 Å². The molecular formula is C35H30O10. The van der Waals surface area contributed by atoms with Crippen LogP contribution in [0.1, 0.15) is 41.4 Å². The van der Waals surface area contributed by atoms with Gasteiger partial charge in [-0.1, -0.05) is 72.8 Å². The molecule has 1 fully saturated rings. The Morgan fingerprint density at radius 2 is 0.867 bits per heavy atom. The van der Waals surface area contributed by atoms with E-state index in [0.717, 1.165) is 0 Å². The zero-order valence-corrected chi connectivity index (χ0v) is 24.2. The molecular weight excluding hydrogens is 580 g/mol. The Kier molecular flexibility index (Phi) is 10.3. The largest absolute Gasteiger partial charge is 0.459 e. The number of benzene rings is 4. The highest BCUT2D eigenvalue weighted by Crippen LogP contribution is 2.31. The van der Waals surface area contributed by atoms with Gasteiger partial charge in [-0.05, 0) is 48.5 Å². The van der Waals surface area contributed by atoms with E-state index in [1.54, 1.807) is 121 Å². The molecule has 1 aliphatic rings. The van der Waals surface area contributed by atoms with Crippen LogP contribution in [0.25, 0.3) is 0 Å². The Hall–Kier alpha value is -5.32. The van der Waals surface area contributed by atoms with Crippen molar-refractivity contribution in [2.45, 2.75) is 30.7 Å². The summed E-state index contributed by atoms with van der Waals surface area (Å²) in [7, 11) is 1.31. The molecule has 0 amide bonds. The molecule has 0 N–H and O–H groups in total. The minimum absolute atomic E-state index is 0.200. The van der Waals surface area contributed by atoms with Crippen molar-refractivity contribution >= 4 is 23.9 Å². The second kappa shape index (κ2) is 14.9. The lowest BCUT2D eigenvalue weighted by Gasteiger charge is -2.44. The lowest BCUT2D eigenvalue weighted by atomic mass is 9.97. The smallest absolute Gasteiger partial charge is 0.338 e. The van der Waals surface area contributed by atoms with E-state index in [0.29, 0.717) is 0 Å². The summed E-state index contributed by atoms with van der Waals surface area (Å²) in [5.74, 6) is -2.96. The monoisotopic (exact) mass is 610 g/mol. The number of rotatable bonds is 10. The van der Waals surface area contributed by atoms with E-state index in [-0.39, 0.29) is 22.3 Å². The quantitative estimate of drug-likeness (QED) is 0.181. The molecule has 4 aromatic carbocycles. The molecule has 1 aliphatic heterocycles. The van der Waals surface area contributed by atoms with Crippen molar-refractivity contribution in [3.8, 4) is 0 Å². The molecule has 10 heteroatoms. The van der Waals surface area contributed by atoms with Gasteiger partial charge in [0.2, 0.25) is 0 Å². The van der Waals surface area contributed by atoms with Crippen molar-refractivity contribution in [1.82, 2.24) is 0 Å². The third-order valence-corrected chi connectivity index (χ3v) is 6.97. The minimum atomic E-state index is -1.45. The first-order valence-corrected chi connectivity index (χ1v) is 14.1. The van der Waals surface area contributed by atoms with Gasteiger partial charge < -0.3 is 28.4 Å². The lowest BCUT2D eigenvalue weighted by molar-refractivity contribution is -0.291. The fourth-order valence-electron chi connectivity index (χ4n) is 4.72. The van der Waals surface area contributed by atoms with Crippen LogP contribution in [-0.2, 0) is 28.4 Å². The van der Waals surface area contributed by atoms with E-state index >= 15 is 0 Å². The molecule has 45 heavy (non-hydrogen) atoms. The van der Waals surface area contributed by atoms with E-state index in [1.165, 1.54) is 7.11 Å². The molecule has 1 saturated heterocycles. The van der Waals surface area contributed by atoms with Crippen LogP contribution < -0.4 is 0 Å². The number of esters is 4. The van der Waals surface area contributed by atoms with Gasteiger partial charge in [-0.3, -0.25) is 0 Å². The first kappa shape index (κ1) is 31.1. The zero-order valence-electron chi connectivity index (χ0n) is 24.2. The van der Waals surface area contributed by atoms with Crippen molar-refractivity contribution in [1.29, 1.82) is 0 Å². The number of carbonyl (C=O) groups is 4. The highest BCUT2D eigenvalue weighted by Gasteiger charge is 2.53. The van der Waals surface area contributed by atoms with Gasteiger partial charge in [0.05, 0.1) is 22.3 Å². The Morgan fingerprint density at radius 1 is 0.511 bits per heavy atom. The van der Waals surface area contributed by atoms with Gasteiger partial charge in [0.1, 0.15) is 12.7 Å². The van der Waals surface area contributed by atoms with Crippen LogP contribution >= 0.6 is 0 Å². The molecule has 0 aromatic heterocycles. The van der Waals surface area contributed by atoms with E-state index in [1.807, 2.05) is 0 Å². The molecule has 0 bridgehead atoms. The van der Waals surface area contributed by atoms with E-state index in [4.69, 9.17) is 28.4 Å². The van der Waals surface area contributed by atoms with E-state index in [2.05, 4.69) is 0 Å². The summed E-state index contributed by atoms with van der Waals surface area (Å²) in [5, 5.41) is 0. The summed E-state index contributed by atoms with van der Waals surface area (Å²) in [6, 6.07) is 32.7. The number of ether oxygens (including phenoxy) is 6. The SMILES string of the molecule is CO[C@H]1OC(COC(=O)c2ccccc2)[C@@H](OC(=O)c2ccccc2)C(OC(=O)c2ccccc2)C1OC(=O)c1ccccc1. The molecule has 0 saturated carbocycles. The summed E-state index contributed by atoms with van der Waals surface area (Å²) in [4.78, 5) is 52.8. The van der Waals surface area contributed by atoms with Crippen LogP contribution in [0.3, 0.4) is 0 Å². The van der Waals surface area contributed by atoms with Crippen LogP contribution in [0.2, 0.25) is 0 Å². The Labute approximate surface area is 259 Å². The Bertz CT molecular complexity index is 1580. The predicted molar refractivity (Wildman–Crippen MR) is 159 cm³/mol. The highest BCUT2D eigenvalue weighted by atomic mass is 16.7. The van der Waals surface area contributed by atoms with Crippen LogP contribution in [0.4, 0.5) is 0 Å². The maximum atomic E-state index is 13.4. The van der Waals surface area contributed by atoms with Crippen LogP contribution in [-0.4, -0.2) is 68.3 Å². The van der Waals surface area contributed by atoms with Gasteiger partial charge >= 0.3 is 23.9 Å². The van der Waals surface area contributed by atoms with Gasteiger partial charge in [0.25, 0.3) is 0 Å². The molecule has 4 aromatic rings. The first-order chi connectivity index (χ1) is 21.9.